The maximum atomic E-state index is 11.5. The van der Waals surface area contributed by atoms with Crippen LogP contribution in [0.1, 0.15) is 10.4 Å². The van der Waals surface area contributed by atoms with Crippen LogP contribution in [-0.2, 0) is 0 Å². The lowest BCUT2D eigenvalue weighted by Gasteiger charge is -2.11. The van der Waals surface area contributed by atoms with Crippen LogP contribution in [0.25, 0.3) is 0 Å². The molecule has 0 bridgehead atoms. The molecular formula is C22H17N5O3. The summed E-state index contributed by atoms with van der Waals surface area (Å²) in [5.41, 5.74) is 1.57. The molecule has 0 saturated heterocycles. The van der Waals surface area contributed by atoms with Gasteiger partial charge in [0.15, 0.2) is 0 Å². The highest BCUT2D eigenvalue weighted by Gasteiger charge is 2.15. The molecule has 0 aliphatic carbocycles. The van der Waals surface area contributed by atoms with Gasteiger partial charge in [0, 0.05) is 11.4 Å². The first-order valence-corrected chi connectivity index (χ1v) is 9.08. The first-order chi connectivity index (χ1) is 14.7. The zero-order chi connectivity index (χ0) is 20.8. The molecule has 4 aromatic rings. The van der Waals surface area contributed by atoms with Crippen molar-refractivity contribution in [2.45, 2.75) is 0 Å². The van der Waals surface area contributed by atoms with Crippen molar-refractivity contribution >= 4 is 29.2 Å². The van der Waals surface area contributed by atoms with Crippen LogP contribution in [0.15, 0.2) is 84.9 Å². The molecule has 0 radical (unpaired) electrons. The first kappa shape index (κ1) is 18.9. The molecule has 0 aliphatic heterocycles. The zero-order valence-corrected chi connectivity index (χ0v) is 15.7. The van der Waals surface area contributed by atoms with Crippen molar-refractivity contribution < 1.29 is 14.6 Å². The SMILES string of the molecule is O=C(O)c1ccccc1Oc1nc(Nc2ccccc2)nc(Nc2ccccc2)n1. The minimum absolute atomic E-state index is 0.00745. The number of carboxylic acid groups (broad SMARTS) is 1. The Kier molecular flexibility index (Phi) is 5.47. The van der Waals surface area contributed by atoms with Gasteiger partial charge in [-0.3, -0.25) is 0 Å². The molecule has 0 amide bonds. The van der Waals surface area contributed by atoms with Crippen molar-refractivity contribution in [3.05, 3.63) is 90.5 Å². The summed E-state index contributed by atoms with van der Waals surface area (Å²) >= 11 is 0. The molecule has 8 nitrogen and oxygen atoms in total. The van der Waals surface area contributed by atoms with Crippen LogP contribution in [0.2, 0.25) is 0 Å². The summed E-state index contributed by atoms with van der Waals surface area (Å²) in [6, 6.07) is 25.1. The maximum absolute atomic E-state index is 11.5. The number of carboxylic acids is 1. The van der Waals surface area contributed by atoms with E-state index in [-0.39, 0.29) is 29.2 Å². The highest BCUT2D eigenvalue weighted by molar-refractivity contribution is 5.90. The van der Waals surface area contributed by atoms with Crippen LogP contribution in [0.3, 0.4) is 0 Å². The standard InChI is InChI=1S/C22H17N5O3/c28-19(29)17-13-7-8-14-18(17)30-22-26-20(23-15-9-3-1-4-10-15)25-21(27-22)24-16-11-5-2-6-12-16/h1-14H,(H,28,29)(H2,23,24,25,26,27). The van der Waals surface area contributed by atoms with Gasteiger partial charge >= 0.3 is 12.0 Å². The van der Waals surface area contributed by atoms with Crippen molar-refractivity contribution in [3.8, 4) is 11.8 Å². The smallest absolute Gasteiger partial charge is 0.339 e. The van der Waals surface area contributed by atoms with Crippen molar-refractivity contribution in [2.75, 3.05) is 10.6 Å². The molecule has 0 spiro atoms. The Bertz CT molecular complexity index is 1090. The van der Waals surface area contributed by atoms with Gasteiger partial charge < -0.3 is 20.5 Å². The predicted octanol–water partition coefficient (Wildman–Crippen LogP) is 4.85. The number of nitrogens with zero attached hydrogens (tertiary/aromatic N) is 3. The van der Waals surface area contributed by atoms with Gasteiger partial charge in [-0.1, -0.05) is 48.5 Å². The molecule has 3 N–H and O–H groups in total. The number of hydrogen-bond donors (Lipinski definition) is 3. The van der Waals surface area contributed by atoms with Gasteiger partial charge in [-0.2, -0.15) is 15.0 Å². The molecule has 0 fully saturated rings. The number of rotatable bonds is 7. The molecule has 1 heterocycles. The third-order valence-corrected chi connectivity index (χ3v) is 3.99. The molecule has 30 heavy (non-hydrogen) atoms. The lowest BCUT2D eigenvalue weighted by atomic mass is 10.2. The Morgan fingerprint density at radius 2 is 1.20 bits per heavy atom. The van der Waals surface area contributed by atoms with E-state index in [1.165, 1.54) is 6.07 Å². The van der Waals surface area contributed by atoms with Crippen LogP contribution >= 0.6 is 0 Å². The van der Waals surface area contributed by atoms with Gasteiger partial charge in [-0.05, 0) is 36.4 Å². The van der Waals surface area contributed by atoms with Gasteiger partial charge in [-0.15, -0.1) is 0 Å². The summed E-state index contributed by atoms with van der Waals surface area (Å²) in [5.74, 6) is -0.479. The quantitative estimate of drug-likeness (QED) is 0.405. The van der Waals surface area contributed by atoms with E-state index in [1.54, 1.807) is 18.2 Å². The lowest BCUT2D eigenvalue weighted by Crippen LogP contribution is -2.07. The van der Waals surface area contributed by atoms with E-state index in [0.717, 1.165) is 11.4 Å². The third-order valence-electron chi connectivity index (χ3n) is 3.99. The van der Waals surface area contributed by atoms with Crippen LogP contribution in [0.4, 0.5) is 23.3 Å². The van der Waals surface area contributed by atoms with Crippen molar-refractivity contribution in [3.63, 3.8) is 0 Å². The molecule has 148 valence electrons. The summed E-state index contributed by atoms with van der Waals surface area (Å²) in [7, 11) is 0. The highest BCUT2D eigenvalue weighted by Crippen LogP contribution is 2.25. The largest absolute Gasteiger partial charge is 0.478 e. The second-order valence-corrected chi connectivity index (χ2v) is 6.15. The maximum Gasteiger partial charge on any atom is 0.339 e. The fraction of sp³-hybridized carbons (Fsp3) is 0. The zero-order valence-electron chi connectivity index (χ0n) is 15.7. The second kappa shape index (κ2) is 8.70. The second-order valence-electron chi connectivity index (χ2n) is 6.15. The first-order valence-electron chi connectivity index (χ1n) is 9.08. The summed E-state index contributed by atoms with van der Waals surface area (Å²) in [6.07, 6.45) is 0. The molecule has 8 heteroatoms. The number of para-hydroxylation sites is 3. The van der Waals surface area contributed by atoms with Crippen LogP contribution in [0, 0.1) is 0 Å². The van der Waals surface area contributed by atoms with Crippen LogP contribution in [-0.4, -0.2) is 26.0 Å². The Morgan fingerprint density at radius 3 is 1.73 bits per heavy atom. The number of anilines is 4. The number of aromatic nitrogens is 3. The predicted molar refractivity (Wildman–Crippen MR) is 113 cm³/mol. The van der Waals surface area contributed by atoms with Crippen molar-refractivity contribution in [1.82, 2.24) is 15.0 Å². The summed E-state index contributed by atoms with van der Waals surface area (Å²) in [6.45, 7) is 0. The molecule has 3 aromatic carbocycles. The molecule has 4 rings (SSSR count). The lowest BCUT2D eigenvalue weighted by molar-refractivity contribution is 0.0694. The van der Waals surface area contributed by atoms with Crippen molar-refractivity contribution in [2.24, 2.45) is 0 Å². The molecular weight excluding hydrogens is 382 g/mol. The van der Waals surface area contributed by atoms with Gasteiger partial charge in [0.25, 0.3) is 0 Å². The van der Waals surface area contributed by atoms with Gasteiger partial charge in [-0.25, -0.2) is 4.79 Å². The van der Waals surface area contributed by atoms with E-state index in [9.17, 15) is 9.90 Å². The highest BCUT2D eigenvalue weighted by atomic mass is 16.5. The van der Waals surface area contributed by atoms with E-state index in [4.69, 9.17) is 4.74 Å². The Hall–Kier alpha value is -4.46. The van der Waals surface area contributed by atoms with Gasteiger partial charge in [0.1, 0.15) is 11.3 Å². The Morgan fingerprint density at radius 1 is 0.700 bits per heavy atom. The van der Waals surface area contributed by atoms with Gasteiger partial charge in [0.2, 0.25) is 11.9 Å². The monoisotopic (exact) mass is 399 g/mol. The Balaban J connectivity index is 1.69. The van der Waals surface area contributed by atoms with Crippen molar-refractivity contribution in [1.29, 1.82) is 0 Å². The normalized spacial score (nSPS) is 10.3. The topological polar surface area (TPSA) is 109 Å². The fourth-order valence-corrected chi connectivity index (χ4v) is 2.65. The molecule has 0 unspecified atom stereocenters. The Labute approximate surface area is 172 Å². The van der Waals surface area contributed by atoms with E-state index in [1.807, 2.05) is 60.7 Å². The minimum atomic E-state index is -1.11. The third kappa shape index (κ3) is 4.68. The van der Waals surface area contributed by atoms with E-state index >= 15 is 0 Å². The summed E-state index contributed by atoms with van der Waals surface area (Å²) in [4.78, 5) is 24.4. The average Bonchev–Trinajstić information content (AvgIpc) is 2.75. The molecule has 1 aromatic heterocycles. The number of hydrogen-bond acceptors (Lipinski definition) is 7. The minimum Gasteiger partial charge on any atom is -0.478 e. The molecule has 0 saturated carbocycles. The van der Waals surface area contributed by atoms with Gasteiger partial charge in [0.05, 0.1) is 0 Å². The van der Waals surface area contributed by atoms with Crippen LogP contribution < -0.4 is 15.4 Å². The summed E-state index contributed by atoms with van der Waals surface area (Å²) in [5, 5.41) is 15.6. The van der Waals surface area contributed by atoms with Crippen LogP contribution in [0.5, 0.6) is 11.8 Å². The van der Waals surface area contributed by atoms with E-state index in [2.05, 4.69) is 25.6 Å². The molecule has 0 aliphatic rings. The average molecular weight is 399 g/mol. The summed E-state index contributed by atoms with van der Waals surface area (Å²) < 4.78 is 5.70. The number of nitrogens with one attached hydrogen (secondary N) is 2. The molecule has 0 atom stereocenters. The van der Waals surface area contributed by atoms with E-state index in [0.29, 0.717) is 0 Å². The number of carbonyl (C=O) groups is 1. The van der Waals surface area contributed by atoms with E-state index < -0.39 is 5.97 Å². The number of aromatic carboxylic acids is 1. The fourth-order valence-electron chi connectivity index (χ4n) is 2.65. The number of ether oxygens (including phenoxy) is 1. The number of benzene rings is 3.